The molecule has 1 saturated carbocycles. The number of benzene rings is 1. The van der Waals surface area contributed by atoms with Crippen LogP contribution in [0.5, 0.6) is 11.5 Å². The van der Waals surface area contributed by atoms with Crippen LogP contribution in [0, 0.1) is 0 Å². The Hall–Kier alpha value is -1.75. The number of hydrogen-bond donors (Lipinski definition) is 0. The van der Waals surface area contributed by atoms with Crippen molar-refractivity contribution in [2.24, 2.45) is 0 Å². The molecule has 0 unspecified atom stereocenters. The van der Waals surface area contributed by atoms with E-state index in [2.05, 4.69) is 4.90 Å². The number of nitrogens with zero attached hydrogens (tertiary/aromatic N) is 2. The zero-order valence-corrected chi connectivity index (χ0v) is 14.6. The molecule has 1 amide bonds. The number of amides is 1. The fourth-order valence-electron chi connectivity index (χ4n) is 3.75. The molecule has 5 nitrogen and oxygen atoms in total. The molecule has 2 fully saturated rings. The van der Waals surface area contributed by atoms with Crippen molar-refractivity contribution in [2.75, 3.05) is 39.9 Å². The average Bonchev–Trinajstić information content (AvgIpc) is 3.17. The lowest BCUT2D eigenvalue weighted by atomic mass is 10.2. The predicted molar refractivity (Wildman–Crippen MR) is 93.5 cm³/mol. The Morgan fingerprint density at radius 3 is 2.42 bits per heavy atom. The molecular formula is C19H28N2O3. The lowest BCUT2D eigenvalue weighted by Gasteiger charge is -2.38. The minimum atomic E-state index is 0.191. The molecule has 1 saturated heterocycles. The summed E-state index contributed by atoms with van der Waals surface area (Å²) in [5, 5.41) is 0. The summed E-state index contributed by atoms with van der Waals surface area (Å²) in [4.78, 5) is 16.9. The smallest absolute Gasteiger partial charge is 0.226 e. The van der Waals surface area contributed by atoms with Crippen LogP contribution >= 0.6 is 0 Å². The second kappa shape index (κ2) is 8.38. The van der Waals surface area contributed by atoms with Gasteiger partial charge in [0.2, 0.25) is 5.91 Å². The highest BCUT2D eigenvalue weighted by atomic mass is 16.5. The number of methoxy groups -OCH3 is 1. The molecule has 1 heterocycles. The summed E-state index contributed by atoms with van der Waals surface area (Å²) in [5.41, 5.74) is 0. The van der Waals surface area contributed by atoms with E-state index in [9.17, 15) is 4.79 Å². The summed E-state index contributed by atoms with van der Waals surface area (Å²) in [7, 11) is 1.62. The summed E-state index contributed by atoms with van der Waals surface area (Å²) in [6.45, 7) is 4.13. The van der Waals surface area contributed by atoms with Gasteiger partial charge in [0.25, 0.3) is 0 Å². The molecule has 0 atom stereocenters. The third-order valence-corrected chi connectivity index (χ3v) is 5.15. The SMILES string of the molecule is COc1ccccc1OCCC(=O)N1CCN(C2CCCC2)CC1. The topological polar surface area (TPSA) is 42.0 Å². The fourth-order valence-corrected chi connectivity index (χ4v) is 3.75. The molecule has 24 heavy (non-hydrogen) atoms. The Morgan fingerprint density at radius 2 is 1.75 bits per heavy atom. The van der Waals surface area contributed by atoms with E-state index in [4.69, 9.17) is 9.47 Å². The number of para-hydroxylation sites is 2. The summed E-state index contributed by atoms with van der Waals surface area (Å²) >= 11 is 0. The van der Waals surface area contributed by atoms with E-state index in [-0.39, 0.29) is 5.91 Å². The van der Waals surface area contributed by atoms with Crippen LogP contribution in [0.15, 0.2) is 24.3 Å². The van der Waals surface area contributed by atoms with Crippen molar-refractivity contribution < 1.29 is 14.3 Å². The van der Waals surface area contributed by atoms with E-state index < -0.39 is 0 Å². The van der Waals surface area contributed by atoms with Crippen molar-refractivity contribution in [1.29, 1.82) is 0 Å². The highest BCUT2D eigenvalue weighted by Crippen LogP contribution is 2.26. The quantitative estimate of drug-likeness (QED) is 0.803. The molecule has 3 rings (SSSR count). The minimum Gasteiger partial charge on any atom is -0.493 e. The molecule has 2 aliphatic rings. The van der Waals surface area contributed by atoms with Crippen LogP contribution in [-0.4, -0.2) is 61.6 Å². The summed E-state index contributed by atoms with van der Waals surface area (Å²) in [5.74, 6) is 1.59. The van der Waals surface area contributed by atoms with Gasteiger partial charge in [-0.1, -0.05) is 25.0 Å². The van der Waals surface area contributed by atoms with Crippen molar-refractivity contribution in [1.82, 2.24) is 9.80 Å². The van der Waals surface area contributed by atoms with Crippen LogP contribution in [0.4, 0.5) is 0 Å². The molecule has 5 heteroatoms. The first kappa shape index (κ1) is 17.1. The van der Waals surface area contributed by atoms with Crippen molar-refractivity contribution in [3.8, 4) is 11.5 Å². The van der Waals surface area contributed by atoms with E-state index in [1.165, 1.54) is 25.7 Å². The largest absolute Gasteiger partial charge is 0.493 e. The summed E-state index contributed by atoms with van der Waals surface area (Å²) in [6, 6.07) is 8.29. The zero-order chi connectivity index (χ0) is 16.8. The van der Waals surface area contributed by atoms with Gasteiger partial charge in [-0.05, 0) is 25.0 Å². The van der Waals surface area contributed by atoms with E-state index in [1.807, 2.05) is 29.2 Å². The molecule has 1 aromatic rings. The predicted octanol–water partition coefficient (Wildman–Crippen LogP) is 2.55. The van der Waals surface area contributed by atoms with Gasteiger partial charge in [-0.3, -0.25) is 9.69 Å². The van der Waals surface area contributed by atoms with Crippen LogP contribution in [0.25, 0.3) is 0 Å². The van der Waals surface area contributed by atoms with Gasteiger partial charge in [0.15, 0.2) is 11.5 Å². The van der Waals surface area contributed by atoms with Gasteiger partial charge >= 0.3 is 0 Å². The Bertz CT molecular complexity index is 535. The highest BCUT2D eigenvalue weighted by molar-refractivity contribution is 5.76. The first-order valence-corrected chi connectivity index (χ1v) is 9.05. The zero-order valence-electron chi connectivity index (χ0n) is 14.6. The van der Waals surface area contributed by atoms with E-state index in [1.54, 1.807) is 7.11 Å². The molecule has 1 aliphatic carbocycles. The number of ether oxygens (including phenoxy) is 2. The minimum absolute atomic E-state index is 0.191. The maximum Gasteiger partial charge on any atom is 0.226 e. The van der Waals surface area contributed by atoms with Crippen LogP contribution in [0.1, 0.15) is 32.1 Å². The average molecular weight is 332 g/mol. The van der Waals surface area contributed by atoms with E-state index in [0.717, 1.165) is 32.2 Å². The van der Waals surface area contributed by atoms with Gasteiger partial charge in [-0.15, -0.1) is 0 Å². The maximum absolute atomic E-state index is 12.4. The van der Waals surface area contributed by atoms with Gasteiger partial charge in [0.1, 0.15) is 0 Å². The highest BCUT2D eigenvalue weighted by Gasteiger charge is 2.27. The maximum atomic E-state index is 12.4. The van der Waals surface area contributed by atoms with Crippen molar-refractivity contribution >= 4 is 5.91 Å². The summed E-state index contributed by atoms with van der Waals surface area (Å²) in [6.07, 6.45) is 5.82. The van der Waals surface area contributed by atoms with Crippen molar-refractivity contribution in [3.63, 3.8) is 0 Å². The monoisotopic (exact) mass is 332 g/mol. The molecule has 1 aliphatic heterocycles. The van der Waals surface area contributed by atoms with Gasteiger partial charge in [0.05, 0.1) is 20.1 Å². The molecule has 0 radical (unpaired) electrons. The van der Waals surface area contributed by atoms with Gasteiger partial charge < -0.3 is 14.4 Å². The van der Waals surface area contributed by atoms with Crippen LogP contribution < -0.4 is 9.47 Å². The van der Waals surface area contributed by atoms with Crippen molar-refractivity contribution in [3.05, 3.63) is 24.3 Å². The van der Waals surface area contributed by atoms with Crippen LogP contribution in [-0.2, 0) is 4.79 Å². The lowest BCUT2D eigenvalue weighted by Crippen LogP contribution is -2.51. The Kier molecular flexibility index (Phi) is 5.96. The van der Waals surface area contributed by atoms with Crippen molar-refractivity contribution in [2.45, 2.75) is 38.1 Å². The number of piperazine rings is 1. The number of hydrogen-bond acceptors (Lipinski definition) is 4. The first-order valence-electron chi connectivity index (χ1n) is 9.05. The molecule has 0 aromatic heterocycles. The Balaban J connectivity index is 1.39. The van der Waals surface area contributed by atoms with E-state index in [0.29, 0.717) is 24.5 Å². The molecule has 1 aromatic carbocycles. The number of carbonyl (C=O) groups excluding carboxylic acids is 1. The van der Waals surface area contributed by atoms with Gasteiger partial charge in [-0.25, -0.2) is 0 Å². The molecule has 0 spiro atoms. The lowest BCUT2D eigenvalue weighted by molar-refractivity contribution is -0.133. The second-order valence-corrected chi connectivity index (χ2v) is 6.60. The Labute approximate surface area is 144 Å². The third kappa shape index (κ3) is 4.20. The second-order valence-electron chi connectivity index (χ2n) is 6.60. The standard InChI is InChI=1S/C19H28N2O3/c1-23-17-8-4-5-9-18(17)24-15-10-19(22)21-13-11-20(12-14-21)16-6-2-3-7-16/h4-5,8-9,16H,2-3,6-7,10-15H2,1H3. The van der Waals surface area contributed by atoms with E-state index >= 15 is 0 Å². The van der Waals surface area contributed by atoms with Crippen LogP contribution in [0.3, 0.4) is 0 Å². The number of rotatable bonds is 6. The number of carbonyl (C=O) groups is 1. The third-order valence-electron chi connectivity index (χ3n) is 5.15. The molecule has 0 N–H and O–H groups in total. The Morgan fingerprint density at radius 1 is 1.08 bits per heavy atom. The normalized spacial score (nSPS) is 19.5. The molecule has 132 valence electrons. The molecule has 0 bridgehead atoms. The van der Waals surface area contributed by atoms with Gasteiger partial charge in [0, 0.05) is 32.2 Å². The molecular weight excluding hydrogens is 304 g/mol. The first-order chi connectivity index (χ1) is 11.8. The van der Waals surface area contributed by atoms with Crippen LogP contribution in [0.2, 0.25) is 0 Å². The van der Waals surface area contributed by atoms with Gasteiger partial charge in [-0.2, -0.15) is 0 Å². The summed E-state index contributed by atoms with van der Waals surface area (Å²) < 4.78 is 11.0. The fraction of sp³-hybridized carbons (Fsp3) is 0.632.